The van der Waals surface area contributed by atoms with Crippen LogP contribution in [0.4, 0.5) is 0 Å². The molecule has 30 heavy (non-hydrogen) atoms. The fraction of sp³-hybridized carbons (Fsp3) is 0.0345. The van der Waals surface area contributed by atoms with Gasteiger partial charge in [0.2, 0.25) is 0 Å². The molecule has 0 aliphatic rings. The monoisotopic (exact) mass is 400 g/mol. The van der Waals surface area contributed by atoms with E-state index < -0.39 is 0 Å². The third-order valence-corrected chi connectivity index (χ3v) is 6.84. The van der Waals surface area contributed by atoms with Crippen LogP contribution in [0.25, 0.3) is 54.2 Å². The second kappa shape index (κ2) is 6.62. The van der Waals surface area contributed by atoms with Crippen molar-refractivity contribution in [2.45, 2.75) is 11.8 Å². The van der Waals surface area contributed by atoms with E-state index in [2.05, 4.69) is 104 Å². The topological polar surface area (TPSA) is 0 Å². The van der Waals surface area contributed by atoms with E-state index in [4.69, 9.17) is 12.6 Å². The fourth-order valence-electron chi connectivity index (χ4n) is 4.99. The summed E-state index contributed by atoms with van der Waals surface area (Å²) < 4.78 is 0. The predicted octanol–water partition coefficient (Wildman–Crippen LogP) is 8.56. The van der Waals surface area contributed by atoms with E-state index in [0.717, 1.165) is 4.90 Å². The zero-order valence-electron chi connectivity index (χ0n) is 16.7. The molecule has 0 amide bonds. The largest absolute Gasteiger partial charge is 0.142 e. The number of benzene rings is 6. The van der Waals surface area contributed by atoms with Crippen LogP contribution in [0.2, 0.25) is 0 Å². The van der Waals surface area contributed by atoms with Crippen molar-refractivity contribution in [1.29, 1.82) is 0 Å². The third-order valence-electron chi connectivity index (χ3n) is 6.35. The van der Waals surface area contributed by atoms with Crippen LogP contribution in [-0.2, 0) is 0 Å². The molecule has 6 aromatic rings. The van der Waals surface area contributed by atoms with Gasteiger partial charge in [-0.3, -0.25) is 0 Å². The zero-order chi connectivity index (χ0) is 20.2. The maximum Gasteiger partial charge on any atom is 0.0198 e. The minimum Gasteiger partial charge on any atom is -0.142 e. The molecule has 6 aromatic carbocycles. The average molecular weight is 401 g/mol. The first-order valence-corrected chi connectivity index (χ1v) is 10.7. The van der Waals surface area contributed by atoms with Crippen LogP contribution >= 0.6 is 12.6 Å². The highest BCUT2D eigenvalue weighted by Gasteiger charge is 2.18. The molecule has 0 heterocycles. The standard InChI is InChI=1S/C29H20S/c1-18-19-10-2-4-12-21(19)27(22-13-5-3-11-20(18)22)28-23-14-6-8-16-25(23)29(30)26-17-9-7-15-24(26)28/h2-17,30H,1H3. The van der Waals surface area contributed by atoms with Crippen LogP contribution in [0.5, 0.6) is 0 Å². The van der Waals surface area contributed by atoms with Gasteiger partial charge in [-0.2, -0.15) is 0 Å². The van der Waals surface area contributed by atoms with E-state index in [1.54, 1.807) is 0 Å². The Morgan fingerprint density at radius 3 is 1.03 bits per heavy atom. The first-order chi connectivity index (χ1) is 14.8. The number of fused-ring (bicyclic) bond motifs is 4. The Bertz CT molecular complexity index is 1370. The van der Waals surface area contributed by atoms with Crippen molar-refractivity contribution in [3.05, 3.63) is 103 Å². The van der Waals surface area contributed by atoms with Gasteiger partial charge in [-0.15, -0.1) is 12.6 Å². The summed E-state index contributed by atoms with van der Waals surface area (Å²) >= 11 is 4.94. The molecular formula is C29H20S. The lowest BCUT2D eigenvalue weighted by atomic mass is 9.84. The van der Waals surface area contributed by atoms with Crippen molar-refractivity contribution >= 4 is 55.7 Å². The molecule has 0 bridgehead atoms. The van der Waals surface area contributed by atoms with E-state index in [-0.39, 0.29) is 0 Å². The molecule has 0 N–H and O–H groups in total. The second-order valence-corrected chi connectivity index (χ2v) is 8.35. The summed E-state index contributed by atoms with van der Waals surface area (Å²) in [7, 11) is 0. The van der Waals surface area contributed by atoms with Crippen molar-refractivity contribution in [2.75, 3.05) is 0 Å². The molecule has 0 unspecified atom stereocenters. The van der Waals surface area contributed by atoms with Gasteiger partial charge in [0.25, 0.3) is 0 Å². The first kappa shape index (κ1) is 17.6. The molecule has 0 aliphatic heterocycles. The molecule has 6 rings (SSSR count). The molecule has 0 saturated heterocycles. The van der Waals surface area contributed by atoms with Crippen LogP contribution in [-0.4, -0.2) is 0 Å². The highest BCUT2D eigenvalue weighted by Crippen LogP contribution is 2.46. The normalized spacial score (nSPS) is 11.7. The van der Waals surface area contributed by atoms with E-state index >= 15 is 0 Å². The number of hydrogen-bond donors (Lipinski definition) is 1. The fourth-order valence-corrected chi connectivity index (χ4v) is 5.38. The van der Waals surface area contributed by atoms with E-state index in [1.807, 2.05) is 0 Å². The maximum atomic E-state index is 4.94. The van der Waals surface area contributed by atoms with Gasteiger partial charge in [0, 0.05) is 4.90 Å². The molecule has 0 saturated carbocycles. The van der Waals surface area contributed by atoms with Crippen molar-refractivity contribution in [3.8, 4) is 11.1 Å². The lowest BCUT2D eigenvalue weighted by Gasteiger charge is -2.19. The van der Waals surface area contributed by atoms with Crippen LogP contribution in [0, 0.1) is 6.92 Å². The lowest BCUT2D eigenvalue weighted by molar-refractivity contribution is 1.58. The minimum absolute atomic E-state index is 1.05. The van der Waals surface area contributed by atoms with Crippen LogP contribution < -0.4 is 0 Å². The van der Waals surface area contributed by atoms with Crippen LogP contribution in [0.1, 0.15) is 5.56 Å². The number of aryl methyl sites for hydroxylation is 1. The first-order valence-electron chi connectivity index (χ1n) is 10.3. The van der Waals surface area contributed by atoms with Crippen molar-refractivity contribution in [3.63, 3.8) is 0 Å². The summed E-state index contributed by atoms with van der Waals surface area (Å²) in [6.45, 7) is 2.24. The van der Waals surface area contributed by atoms with E-state index in [9.17, 15) is 0 Å². The number of hydrogen-bond acceptors (Lipinski definition) is 1. The summed E-state index contributed by atoms with van der Waals surface area (Å²) in [6.07, 6.45) is 0. The number of thiol groups is 1. The van der Waals surface area contributed by atoms with E-state index in [0.29, 0.717) is 0 Å². The molecule has 0 nitrogen and oxygen atoms in total. The van der Waals surface area contributed by atoms with Gasteiger partial charge >= 0.3 is 0 Å². The van der Waals surface area contributed by atoms with Gasteiger partial charge in [-0.25, -0.2) is 0 Å². The molecule has 0 spiro atoms. The molecule has 0 aromatic heterocycles. The molecule has 0 radical (unpaired) electrons. The summed E-state index contributed by atoms with van der Waals surface area (Å²) in [4.78, 5) is 1.05. The molecular weight excluding hydrogens is 380 g/mol. The smallest absolute Gasteiger partial charge is 0.0198 e. The van der Waals surface area contributed by atoms with Gasteiger partial charge in [0.1, 0.15) is 0 Å². The zero-order valence-corrected chi connectivity index (χ0v) is 17.6. The van der Waals surface area contributed by atoms with Crippen LogP contribution in [0.3, 0.4) is 0 Å². The Morgan fingerprint density at radius 2 is 0.667 bits per heavy atom. The Balaban J connectivity index is 1.97. The van der Waals surface area contributed by atoms with Gasteiger partial charge in [0.15, 0.2) is 0 Å². The summed E-state index contributed by atoms with van der Waals surface area (Å²) in [6, 6.07) is 34.9. The maximum absolute atomic E-state index is 4.94. The number of rotatable bonds is 1. The van der Waals surface area contributed by atoms with Crippen molar-refractivity contribution < 1.29 is 0 Å². The SMILES string of the molecule is Cc1c2ccccc2c(-c2c3ccccc3c(S)c3ccccc23)c2ccccc12. The summed E-state index contributed by atoms with van der Waals surface area (Å²) in [5, 5.41) is 10.1. The highest BCUT2D eigenvalue weighted by atomic mass is 32.1. The predicted molar refractivity (Wildman–Crippen MR) is 134 cm³/mol. The van der Waals surface area contributed by atoms with E-state index in [1.165, 1.54) is 59.8 Å². The van der Waals surface area contributed by atoms with Gasteiger partial charge in [-0.1, -0.05) is 97.1 Å². The van der Waals surface area contributed by atoms with Gasteiger partial charge in [0.05, 0.1) is 0 Å². The van der Waals surface area contributed by atoms with Crippen molar-refractivity contribution in [1.82, 2.24) is 0 Å². The molecule has 142 valence electrons. The minimum atomic E-state index is 1.05. The quantitative estimate of drug-likeness (QED) is 0.207. The Kier molecular flexibility index (Phi) is 3.87. The Morgan fingerprint density at radius 1 is 0.400 bits per heavy atom. The Labute approximate surface area is 181 Å². The van der Waals surface area contributed by atoms with Crippen molar-refractivity contribution in [2.24, 2.45) is 0 Å². The molecule has 0 atom stereocenters. The highest BCUT2D eigenvalue weighted by molar-refractivity contribution is 7.80. The molecule has 0 aliphatic carbocycles. The third kappa shape index (κ3) is 2.36. The Hall–Kier alpha value is -3.29. The molecule has 0 fully saturated rings. The average Bonchev–Trinajstić information content (AvgIpc) is 2.81. The lowest BCUT2D eigenvalue weighted by Crippen LogP contribution is -1.92. The van der Waals surface area contributed by atoms with Gasteiger partial charge in [-0.05, 0) is 66.7 Å². The second-order valence-electron chi connectivity index (χ2n) is 7.91. The van der Waals surface area contributed by atoms with Gasteiger partial charge < -0.3 is 0 Å². The van der Waals surface area contributed by atoms with Crippen LogP contribution in [0.15, 0.2) is 102 Å². The summed E-state index contributed by atoms with van der Waals surface area (Å²) in [5.41, 5.74) is 3.95. The molecule has 1 heteroatoms. The summed E-state index contributed by atoms with van der Waals surface area (Å²) in [5.74, 6) is 0.